The summed E-state index contributed by atoms with van der Waals surface area (Å²) in [4.78, 5) is 30.4. The Morgan fingerprint density at radius 1 is 1.32 bits per heavy atom. The van der Waals surface area contributed by atoms with Crippen molar-refractivity contribution in [3.05, 3.63) is 35.9 Å². The van der Waals surface area contributed by atoms with E-state index in [-0.39, 0.29) is 12.3 Å². The molecule has 1 aliphatic heterocycles. The van der Waals surface area contributed by atoms with Gasteiger partial charge in [-0.05, 0) is 5.56 Å². The van der Waals surface area contributed by atoms with Crippen LogP contribution in [0, 0.1) is 0 Å². The summed E-state index contributed by atoms with van der Waals surface area (Å²) in [6.07, 6.45) is -0.0885. The molecule has 0 fully saturated rings. The van der Waals surface area contributed by atoms with Crippen molar-refractivity contribution in [1.29, 1.82) is 0 Å². The van der Waals surface area contributed by atoms with Gasteiger partial charge >= 0.3 is 5.97 Å². The Hall–Kier alpha value is -2.34. The molecule has 1 aromatic carbocycles. The number of hydrogen-bond donors (Lipinski definition) is 0. The molecule has 1 heterocycles. The van der Waals surface area contributed by atoms with Crippen LogP contribution in [0.5, 0.6) is 0 Å². The maximum Gasteiger partial charge on any atom is 0.355 e. The lowest BCUT2D eigenvalue weighted by molar-refractivity contribution is -0.136. The highest BCUT2D eigenvalue weighted by Crippen LogP contribution is 2.09. The number of nitrogens with zero attached hydrogens (tertiary/aromatic N) is 2. The number of ether oxygens (including phenoxy) is 2. The number of carbonyl (C=O) groups excluding carboxylic acids is 2. The summed E-state index contributed by atoms with van der Waals surface area (Å²) in [5.74, 6) is -1.26. The Morgan fingerprint density at radius 3 is 2.74 bits per heavy atom. The van der Waals surface area contributed by atoms with Crippen molar-refractivity contribution in [1.82, 2.24) is 0 Å². The average Bonchev–Trinajstić information content (AvgIpc) is 2.46. The molecular formula is C13H12N2O4. The van der Waals surface area contributed by atoms with Gasteiger partial charge in [-0.3, -0.25) is 4.79 Å². The van der Waals surface area contributed by atoms with Crippen LogP contribution in [0.1, 0.15) is 5.56 Å². The SMILES string of the molecule is COC(=O)C1=NC=NC(=O)[C@H]1OCc1ccccc1. The maximum atomic E-state index is 11.6. The number of benzene rings is 1. The number of carbonyl (C=O) groups is 2. The third kappa shape index (κ3) is 3.11. The number of amides is 1. The van der Waals surface area contributed by atoms with E-state index in [1.54, 1.807) is 0 Å². The van der Waals surface area contributed by atoms with Crippen LogP contribution in [0.4, 0.5) is 0 Å². The van der Waals surface area contributed by atoms with Crippen LogP contribution in [-0.4, -0.2) is 37.1 Å². The first-order valence-electron chi connectivity index (χ1n) is 5.60. The summed E-state index contributed by atoms with van der Waals surface area (Å²) in [6.45, 7) is 0.183. The molecule has 0 bridgehead atoms. The van der Waals surface area contributed by atoms with Gasteiger partial charge in [0, 0.05) is 0 Å². The van der Waals surface area contributed by atoms with E-state index in [1.165, 1.54) is 7.11 Å². The Balaban J connectivity index is 2.09. The first kappa shape index (κ1) is 13.1. The van der Waals surface area contributed by atoms with E-state index in [4.69, 9.17) is 4.74 Å². The molecule has 1 amide bonds. The third-order valence-electron chi connectivity index (χ3n) is 2.51. The van der Waals surface area contributed by atoms with Crippen molar-refractivity contribution in [2.24, 2.45) is 9.98 Å². The van der Waals surface area contributed by atoms with Crippen LogP contribution in [0.2, 0.25) is 0 Å². The minimum Gasteiger partial charge on any atom is -0.464 e. The van der Waals surface area contributed by atoms with E-state index in [9.17, 15) is 9.59 Å². The van der Waals surface area contributed by atoms with Crippen molar-refractivity contribution >= 4 is 23.9 Å². The highest BCUT2D eigenvalue weighted by Gasteiger charge is 2.32. The zero-order valence-electron chi connectivity index (χ0n) is 10.3. The summed E-state index contributed by atoms with van der Waals surface area (Å²) in [5.41, 5.74) is 0.799. The number of methoxy groups -OCH3 is 1. The van der Waals surface area contributed by atoms with Crippen molar-refractivity contribution in [3.63, 3.8) is 0 Å². The standard InChI is InChI=1S/C13H12N2O4/c1-18-13(17)10-11(12(16)15-8-14-10)19-7-9-5-3-2-4-6-9/h2-6,8,11H,7H2,1H3/t11-/m0/s1. The van der Waals surface area contributed by atoms with Crippen LogP contribution < -0.4 is 0 Å². The van der Waals surface area contributed by atoms with Gasteiger partial charge in [0.2, 0.25) is 0 Å². The quantitative estimate of drug-likeness (QED) is 0.748. The fourth-order valence-corrected chi connectivity index (χ4v) is 1.57. The second-order valence-electron chi connectivity index (χ2n) is 3.77. The molecule has 2 rings (SSSR count). The second-order valence-corrected chi connectivity index (χ2v) is 3.77. The number of aliphatic imine (C=N–C) groups is 2. The van der Waals surface area contributed by atoms with Crippen LogP contribution in [0.15, 0.2) is 40.3 Å². The van der Waals surface area contributed by atoms with Gasteiger partial charge in [-0.1, -0.05) is 30.3 Å². The molecule has 19 heavy (non-hydrogen) atoms. The first-order chi connectivity index (χ1) is 9.22. The zero-order valence-corrected chi connectivity index (χ0v) is 10.3. The average molecular weight is 260 g/mol. The van der Waals surface area contributed by atoms with E-state index in [0.29, 0.717) is 0 Å². The van der Waals surface area contributed by atoms with Crippen molar-refractivity contribution in [2.45, 2.75) is 12.7 Å². The third-order valence-corrected chi connectivity index (χ3v) is 2.51. The Kier molecular flexibility index (Phi) is 4.15. The van der Waals surface area contributed by atoms with Gasteiger partial charge < -0.3 is 9.47 Å². The van der Waals surface area contributed by atoms with Gasteiger partial charge in [0.1, 0.15) is 6.34 Å². The molecule has 0 aliphatic carbocycles. The molecule has 0 aromatic heterocycles. The topological polar surface area (TPSA) is 77.3 Å². The summed E-state index contributed by atoms with van der Waals surface area (Å²) in [5, 5.41) is 0. The molecule has 98 valence electrons. The Bertz CT molecular complexity index is 537. The largest absolute Gasteiger partial charge is 0.464 e. The van der Waals surface area contributed by atoms with Crippen molar-refractivity contribution in [3.8, 4) is 0 Å². The fraction of sp³-hybridized carbons (Fsp3) is 0.231. The van der Waals surface area contributed by atoms with Crippen LogP contribution in [0.25, 0.3) is 0 Å². The smallest absolute Gasteiger partial charge is 0.355 e. The predicted molar refractivity (Wildman–Crippen MR) is 68.0 cm³/mol. The van der Waals surface area contributed by atoms with Gasteiger partial charge in [-0.25, -0.2) is 9.79 Å². The highest BCUT2D eigenvalue weighted by atomic mass is 16.5. The molecule has 6 heteroatoms. The molecule has 0 N–H and O–H groups in total. The van der Waals surface area contributed by atoms with E-state index >= 15 is 0 Å². The lowest BCUT2D eigenvalue weighted by Crippen LogP contribution is -2.39. The van der Waals surface area contributed by atoms with E-state index in [1.807, 2.05) is 30.3 Å². The molecule has 1 atom stereocenters. The van der Waals surface area contributed by atoms with Gasteiger partial charge in [-0.15, -0.1) is 0 Å². The number of rotatable bonds is 4. The number of hydrogen-bond acceptors (Lipinski definition) is 5. The van der Waals surface area contributed by atoms with E-state index in [0.717, 1.165) is 11.9 Å². The van der Waals surface area contributed by atoms with Gasteiger partial charge in [0.25, 0.3) is 5.91 Å². The molecule has 0 unspecified atom stereocenters. The first-order valence-corrected chi connectivity index (χ1v) is 5.60. The second kappa shape index (κ2) is 6.01. The minimum absolute atomic E-state index is 0.0848. The molecule has 6 nitrogen and oxygen atoms in total. The molecule has 0 saturated carbocycles. The maximum absolute atomic E-state index is 11.6. The highest BCUT2D eigenvalue weighted by molar-refractivity contribution is 6.44. The van der Waals surface area contributed by atoms with E-state index in [2.05, 4.69) is 14.7 Å². The summed E-state index contributed by atoms with van der Waals surface area (Å²) in [6, 6.07) is 9.29. The summed E-state index contributed by atoms with van der Waals surface area (Å²) >= 11 is 0. The molecule has 1 aliphatic rings. The monoisotopic (exact) mass is 260 g/mol. The minimum atomic E-state index is -1.11. The lowest BCUT2D eigenvalue weighted by atomic mass is 10.2. The Morgan fingerprint density at radius 2 is 2.05 bits per heavy atom. The predicted octanol–water partition coefficient (Wildman–Crippen LogP) is 0.754. The van der Waals surface area contributed by atoms with Crippen molar-refractivity contribution in [2.75, 3.05) is 7.11 Å². The zero-order chi connectivity index (χ0) is 13.7. The van der Waals surface area contributed by atoms with Crippen molar-refractivity contribution < 1.29 is 19.1 Å². The molecule has 0 spiro atoms. The molecule has 0 saturated heterocycles. The Labute approximate surface area is 109 Å². The molecule has 0 radical (unpaired) electrons. The van der Waals surface area contributed by atoms with Gasteiger partial charge in [0.05, 0.1) is 13.7 Å². The van der Waals surface area contributed by atoms with Gasteiger partial charge in [0.15, 0.2) is 11.8 Å². The molecule has 1 aromatic rings. The van der Waals surface area contributed by atoms with Crippen LogP contribution in [-0.2, 0) is 25.7 Å². The van der Waals surface area contributed by atoms with Crippen LogP contribution >= 0.6 is 0 Å². The normalized spacial score (nSPS) is 18.1. The summed E-state index contributed by atoms with van der Waals surface area (Å²) in [7, 11) is 1.22. The summed E-state index contributed by atoms with van der Waals surface area (Å²) < 4.78 is 9.98. The molecular weight excluding hydrogens is 248 g/mol. The van der Waals surface area contributed by atoms with Gasteiger partial charge in [-0.2, -0.15) is 4.99 Å². The lowest BCUT2D eigenvalue weighted by Gasteiger charge is -2.17. The van der Waals surface area contributed by atoms with Crippen LogP contribution in [0.3, 0.4) is 0 Å². The fourth-order valence-electron chi connectivity index (χ4n) is 1.57. The van der Waals surface area contributed by atoms with E-state index < -0.39 is 18.0 Å². The number of esters is 1.